The van der Waals surface area contributed by atoms with Crippen molar-refractivity contribution in [3.05, 3.63) is 7.05 Å². The van der Waals surface area contributed by atoms with E-state index in [2.05, 4.69) is 0 Å². The molecule has 0 aromatic heterocycles. The van der Waals surface area contributed by atoms with Crippen LogP contribution in [-0.4, -0.2) is 25.6 Å². The van der Waals surface area contributed by atoms with E-state index in [0.29, 0.717) is 4.48 Å². The van der Waals surface area contributed by atoms with Crippen LogP contribution in [0.2, 0.25) is 0 Å². The summed E-state index contributed by atoms with van der Waals surface area (Å²) in [5.41, 5.74) is 0. The molecule has 0 heterocycles. The van der Waals surface area contributed by atoms with Crippen molar-refractivity contribution in [1.82, 2.24) is 0 Å². The highest BCUT2D eigenvalue weighted by Crippen LogP contribution is 1.77. The van der Waals surface area contributed by atoms with Gasteiger partial charge in [0.1, 0.15) is 0 Å². The number of hydrogen-bond acceptors (Lipinski definition) is 0. The second-order valence-corrected chi connectivity index (χ2v) is 2.12. The van der Waals surface area contributed by atoms with Gasteiger partial charge in [-0.2, -0.15) is 0 Å². The van der Waals surface area contributed by atoms with Gasteiger partial charge in [0.15, 0.2) is 0 Å². The Morgan fingerprint density at radius 3 is 1.20 bits per heavy atom. The van der Waals surface area contributed by atoms with Crippen LogP contribution in [0.5, 0.6) is 0 Å². The molecule has 30 valence electrons. The van der Waals surface area contributed by atoms with Crippen molar-refractivity contribution >= 4 is 0 Å². The maximum absolute atomic E-state index is 5.29. The maximum Gasteiger partial charge on any atom is 0.206 e. The van der Waals surface area contributed by atoms with Gasteiger partial charge in [-0.3, -0.25) is 0 Å². The summed E-state index contributed by atoms with van der Waals surface area (Å²) in [4.78, 5) is 0. The Balaban J connectivity index is 3.02. The Morgan fingerprint density at radius 2 is 1.20 bits per heavy atom. The van der Waals surface area contributed by atoms with Crippen molar-refractivity contribution < 1.29 is 4.48 Å². The Morgan fingerprint density at radius 1 is 1.20 bits per heavy atom. The molecule has 0 aliphatic carbocycles. The summed E-state index contributed by atoms with van der Waals surface area (Å²) in [7, 11) is 11.0. The topological polar surface area (TPSA) is 0 Å². The minimum atomic E-state index is 0.500. The molecule has 0 aromatic carbocycles. The predicted molar refractivity (Wildman–Crippen MR) is 22.3 cm³/mol. The quantitative estimate of drug-likeness (QED) is 0.362. The molecule has 0 aromatic rings. The van der Waals surface area contributed by atoms with E-state index in [1.807, 2.05) is 21.1 Å². The lowest BCUT2D eigenvalue weighted by Gasteiger charge is -2.12. The highest BCUT2D eigenvalue weighted by molar-refractivity contribution is 4.00. The summed E-state index contributed by atoms with van der Waals surface area (Å²) >= 11 is 0. The average molecular weight is 72.1 g/mol. The molecule has 0 rings (SSSR count). The number of hydrogen-bond donors (Lipinski definition) is 0. The minimum absolute atomic E-state index is 0.500. The molecule has 5 heavy (non-hydrogen) atoms. The second-order valence-electron chi connectivity index (χ2n) is 2.12. The van der Waals surface area contributed by atoms with Crippen LogP contribution < -0.4 is 0 Å². The lowest BCUT2D eigenvalue weighted by Crippen LogP contribution is -2.24. The van der Waals surface area contributed by atoms with Crippen LogP contribution in [0.15, 0.2) is 0 Å². The van der Waals surface area contributed by atoms with Crippen molar-refractivity contribution in [1.29, 1.82) is 0 Å². The van der Waals surface area contributed by atoms with Gasteiger partial charge in [0, 0.05) is 0 Å². The van der Waals surface area contributed by atoms with E-state index in [1.54, 1.807) is 0 Å². The summed E-state index contributed by atoms with van der Waals surface area (Å²) in [6.45, 7) is 0. The molecule has 2 radical (unpaired) electrons. The fourth-order valence-electron chi connectivity index (χ4n) is 0. The predicted octanol–water partition coefficient (Wildman–Crippen LogP) is 0.361. The first-order chi connectivity index (χ1) is 2.00. The minimum Gasteiger partial charge on any atom is -0.318 e. The average Bonchev–Trinajstić information content (AvgIpc) is 0.722. The van der Waals surface area contributed by atoms with E-state index in [-0.39, 0.29) is 0 Å². The van der Waals surface area contributed by atoms with Gasteiger partial charge in [-0.25, -0.2) is 0 Å². The summed E-state index contributed by atoms with van der Waals surface area (Å²) in [5, 5.41) is 0. The summed E-state index contributed by atoms with van der Waals surface area (Å²) in [6.07, 6.45) is 0. The van der Waals surface area contributed by atoms with Gasteiger partial charge in [-0.05, 0) is 0 Å². The lowest BCUT2D eigenvalue weighted by molar-refractivity contribution is -0.823. The fourth-order valence-corrected chi connectivity index (χ4v) is 0. The zero-order chi connectivity index (χ0) is 4.50. The third-order valence-electron chi connectivity index (χ3n) is 0. The number of nitrogens with zero attached hydrogens (tertiary/aromatic N) is 1. The van der Waals surface area contributed by atoms with E-state index in [9.17, 15) is 0 Å². The van der Waals surface area contributed by atoms with Crippen molar-refractivity contribution in [2.45, 2.75) is 0 Å². The van der Waals surface area contributed by atoms with Gasteiger partial charge < -0.3 is 4.48 Å². The first-order valence-corrected chi connectivity index (χ1v) is 1.60. The monoisotopic (exact) mass is 72.1 g/mol. The molecule has 0 unspecified atom stereocenters. The van der Waals surface area contributed by atoms with Gasteiger partial charge in [-0.15, -0.1) is 0 Å². The van der Waals surface area contributed by atoms with Crippen molar-refractivity contribution in [3.8, 4) is 0 Å². The van der Waals surface area contributed by atoms with Crippen molar-refractivity contribution in [3.63, 3.8) is 0 Å². The number of rotatable bonds is 0. The molecule has 0 fully saturated rings. The van der Waals surface area contributed by atoms with Crippen LogP contribution in [0.1, 0.15) is 0 Å². The summed E-state index contributed by atoms with van der Waals surface area (Å²) in [6, 6.07) is 0. The van der Waals surface area contributed by atoms with E-state index in [0.717, 1.165) is 0 Å². The highest BCUT2D eigenvalue weighted by atomic mass is 15.2. The van der Waals surface area contributed by atoms with Crippen LogP contribution in [0.4, 0.5) is 0 Å². The zero-order valence-corrected chi connectivity index (χ0v) is 4.02. The van der Waals surface area contributed by atoms with Gasteiger partial charge in [0.2, 0.25) is 7.05 Å². The number of quaternary nitrogens is 1. The van der Waals surface area contributed by atoms with Gasteiger partial charge in [0.05, 0.1) is 21.1 Å². The highest BCUT2D eigenvalue weighted by Gasteiger charge is 1.91. The molecule has 1 nitrogen and oxygen atoms in total. The molecule has 0 aliphatic rings. The molecule has 1 heteroatoms. The standard InChI is InChI=1S/C4H10N/c1-5(2,3)4/h1H,2-4H3/q+1. The molecule has 0 bridgehead atoms. The van der Waals surface area contributed by atoms with Crippen LogP contribution >= 0.6 is 0 Å². The third-order valence-corrected chi connectivity index (χ3v) is 0. The summed E-state index contributed by atoms with van der Waals surface area (Å²) < 4.78 is 0.500. The van der Waals surface area contributed by atoms with E-state index in [4.69, 9.17) is 7.05 Å². The first-order valence-electron chi connectivity index (χ1n) is 1.60. The van der Waals surface area contributed by atoms with Crippen LogP contribution in [-0.2, 0) is 0 Å². The molecule has 0 saturated heterocycles. The molecule has 0 saturated carbocycles. The SMILES string of the molecule is [CH][N+](C)(C)C. The molecular formula is C4H10N+. The van der Waals surface area contributed by atoms with Gasteiger partial charge in [0.25, 0.3) is 0 Å². The van der Waals surface area contributed by atoms with E-state index < -0.39 is 0 Å². The van der Waals surface area contributed by atoms with Crippen LogP contribution in [0.25, 0.3) is 0 Å². The molecular weight excluding hydrogens is 62.1 g/mol. The Labute approximate surface area is 33.8 Å². The van der Waals surface area contributed by atoms with Crippen molar-refractivity contribution in [2.75, 3.05) is 21.1 Å². The lowest BCUT2D eigenvalue weighted by atomic mass is 10.8. The fraction of sp³-hybridized carbons (Fsp3) is 0.750. The molecule has 0 spiro atoms. The third kappa shape index (κ3) is 9510. The second kappa shape index (κ2) is 0.977. The van der Waals surface area contributed by atoms with Crippen LogP contribution in [0.3, 0.4) is 0 Å². The van der Waals surface area contributed by atoms with E-state index >= 15 is 0 Å². The molecule has 0 atom stereocenters. The zero-order valence-electron chi connectivity index (χ0n) is 4.02. The Kier molecular flexibility index (Phi) is 0.969. The summed E-state index contributed by atoms with van der Waals surface area (Å²) in [5.74, 6) is 0. The maximum atomic E-state index is 5.29. The molecule has 0 N–H and O–H groups in total. The Bertz CT molecular complexity index is 19.1. The van der Waals surface area contributed by atoms with E-state index in [1.165, 1.54) is 0 Å². The normalized spacial score (nSPS) is 12.0. The van der Waals surface area contributed by atoms with Crippen LogP contribution in [0, 0.1) is 7.05 Å². The first kappa shape index (κ1) is 4.96. The molecule has 0 amide bonds. The van der Waals surface area contributed by atoms with Gasteiger partial charge in [-0.1, -0.05) is 0 Å². The largest absolute Gasteiger partial charge is 0.318 e. The Hall–Kier alpha value is -0.0400. The molecule has 0 aliphatic heterocycles. The smallest absolute Gasteiger partial charge is 0.206 e. The van der Waals surface area contributed by atoms with Gasteiger partial charge >= 0.3 is 0 Å². The van der Waals surface area contributed by atoms with Crippen molar-refractivity contribution in [2.24, 2.45) is 0 Å².